The molecular formula is C32H53IO. The summed E-state index contributed by atoms with van der Waals surface area (Å²) in [5, 5.41) is 0. The summed E-state index contributed by atoms with van der Waals surface area (Å²) < 4.78 is 8.14. The maximum Gasteiger partial charge on any atom is 0.0885 e. The SMILES string of the molecule is CCCCCC(CCC)CCCCC1=C(C2CCC=C[C@H](C)C2)CC(OC2CCC=C2I)CC1. The fourth-order valence-corrected chi connectivity index (χ4v) is 7.50. The van der Waals surface area contributed by atoms with E-state index >= 15 is 0 Å². The van der Waals surface area contributed by atoms with Gasteiger partial charge in [0.15, 0.2) is 0 Å². The van der Waals surface area contributed by atoms with Gasteiger partial charge in [0.2, 0.25) is 0 Å². The van der Waals surface area contributed by atoms with Crippen LogP contribution in [0.2, 0.25) is 0 Å². The van der Waals surface area contributed by atoms with Gasteiger partial charge in [0.1, 0.15) is 0 Å². The average Bonchev–Trinajstić information content (AvgIpc) is 3.10. The smallest absolute Gasteiger partial charge is 0.0885 e. The number of halogens is 1. The third-order valence-corrected chi connectivity index (χ3v) is 9.79. The fraction of sp³-hybridized carbons (Fsp3) is 0.812. The van der Waals surface area contributed by atoms with Gasteiger partial charge in [0.05, 0.1) is 12.2 Å². The lowest BCUT2D eigenvalue weighted by Gasteiger charge is -2.34. The molecule has 1 nitrogen and oxygen atoms in total. The van der Waals surface area contributed by atoms with Crippen LogP contribution in [-0.4, -0.2) is 12.2 Å². The van der Waals surface area contributed by atoms with Crippen molar-refractivity contribution in [3.63, 3.8) is 0 Å². The van der Waals surface area contributed by atoms with Crippen LogP contribution in [0.4, 0.5) is 0 Å². The minimum atomic E-state index is 0.381. The highest BCUT2D eigenvalue weighted by molar-refractivity contribution is 14.1. The van der Waals surface area contributed by atoms with E-state index in [0.717, 1.165) is 17.8 Å². The van der Waals surface area contributed by atoms with E-state index in [1.165, 1.54) is 119 Å². The van der Waals surface area contributed by atoms with Crippen molar-refractivity contribution in [3.05, 3.63) is 33.0 Å². The van der Waals surface area contributed by atoms with Crippen molar-refractivity contribution >= 4 is 22.6 Å². The van der Waals surface area contributed by atoms with Crippen LogP contribution < -0.4 is 0 Å². The van der Waals surface area contributed by atoms with Gasteiger partial charge in [-0.25, -0.2) is 0 Å². The minimum absolute atomic E-state index is 0.381. The first-order valence-electron chi connectivity index (χ1n) is 15.0. The van der Waals surface area contributed by atoms with Crippen molar-refractivity contribution in [2.45, 2.75) is 149 Å². The predicted molar refractivity (Wildman–Crippen MR) is 158 cm³/mol. The van der Waals surface area contributed by atoms with Gasteiger partial charge in [-0.05, 0) is 105 Å². The maximum absolute atomic E-state index is 6.70. The van der Waals surface area contributed by atoms with Gasteiger partial charge >= 0.3 is 0 Å². The minimum Gasteiger partial charge on any atom is -0.369 e. The number of hydrogen-bond acceptors (Lipinski definition) is 1. The summed E-state index contributed by atoms with van der Waals surface area (Å²) in [4.78, 5) is 0. The van der Waals surface area contributed by atoms with E-state index in [1.54, 1.807) is 0 Å². The highest BCUT2D eigenvalue weighted by atomic mass is 127. The Morgan fingerprint density at radius 1 is 0.971 bits per heavy atom. The lowest BCUT2D eigenvalue weighted by Crippen LogP contribution is -2.27. The first-order valence-corrected chi connectivity index (χ1v) is 16.1. The number of ether oxygens (including phenoxy) is 1. The molecule has 194 valence electrons. The number of unbranched alkanes of at least 4 members (excludes halogenated alkanes) is 3. The summed E-state index contributed by atoms with van der Waals surface area (Å²) in [6, 6.07) is 0. The lowest BCUT2D eigenvalue weighted by atomic mass is 9.76. The van der Waals surface area contributed by atoms with Crippen LogP contribution in [0.25, 0.3) is 0 Å². The molecule has 4 unspecified atom stereocenters. The second kappa shape index (κ2) is 15.9. The van der Waals surface area contributed by atoms with Gasteiger partial charge in [-0.3, -0.25) is 0 Å². The molecule has 0 bridgehead atoms. The molecule has 3 aliphatic rings. The molecule has 5 atom stereocenters. The van der Waals surface area contributed by atoms with Crippen molar-refractivity contribution < 1.29 is 4.74 Å². The first-order chi connectivity index (χ1) is 16.6. The van der Waals surface area contributed by atoms with E-state index in [9.17, 15) is 0 Å². The van der Waals surface area contributed by atoms with Crippen molar-refractivity contribution in [1.29, 1.82) is 0 Å². The van der Waals surface area contributed by atoms with E-state index in [-0.39, 0.29) is 0 Å². The molecular weight excluding hydrogens is 527 g/mol. The van der Waals surface area contributed by atoms with Crippen LogP contribution in [0.1, 0.15) is 136 Å². The number of allylic oxidation sites excluding steroid dienone is 4. The monoisotopic (exact) mass is 580 g/mol. The van der Waals surface area contributed by atoms with Crippen LogP contribution in [0, 0.1) is 17.8 Å². The van der Waals surface area contributed by atoms with Crippen molar-refractivity contribution in [3.8, 4) is 0 Å². The molecule has 0 spiro atoms. The van der Waals surface area contributed by atoms with Gasteiger partial charge in [0, 0.05) is 3.58 Å². The molecule has 3 rings (SSSR count). The van der Waals surface area contributed by atoms with Crippen LogP contribution in [0.5, 0.6) is 0 Å². The molecule has 0 saturated heterocycles. The van der Waals surface area contributed by atoms with E-state index < -0.39 is 0 Å². The van der Waals surface area contributed by atoms with Crippen molar-refractivity contribution in [2.24, 2.45) is 17.8 Å². The Bertz CT molecular complexity index is 674. The second-order valence-corrected chi connectivity index (χ2v) is 12.8. The van der Waals surface area contributed by atoms with Crippen LogP contribution in [-0.2, 0) is 4.74 Å². The molecule has 0 aromatic heterocycles. The molecule has 0 heterocycles. The Labute approximate surface area is 225 Å². The zero-order valence-corrected chi connectivity index (χ0v) is 24.8. The number of hydrogen-bond donors (Lipinski definition) is 0. The second-order valence-electron chi connectivity index (χ2n) is 11.6. The van der Waals surface area contributed by atoms with Crippen molar-refractivity contribution in [2.75, 3.05) is 0 Å². The topological polar surface area (TPSA) is 9.23 Å². The number of rotatable bonds is 14. The first kappa shape index (κ1) is 28.5. The van der Waals surface area contributed by atoms with Gasteiger partial charge in [-0.2, -0.15) is 0 Å². The third kappa shape index (κ3) is 9.41. The molecule has 0 fully saturated rings. The van der Waals surface area contributed by atoms with E-state index in [0.29, 0.717) is 12.2 Å². The van der Waals surface area contributed by atoms with Crippen LogP contribution >= 0.6 is 22.6 Å². The Hall–Kier alpha value is -0.0900. The molecule has 0 aliphatic heterocycles. The summed E-state index contributed by atoms with van der Waals surface area (Å²) in [5.74, 6) is 2.48. The summed E-state index contributed by atoms with van der Waals surface area (Å²) in [6.07, 6.45) is 32.4. The molecule has 0 aromatic carbocycles. The summed E-state index contributed by atoms with van der Waals surface area (Å²) in [5.41, 5.74) is 3.67. The predicted octanol–water partition coefficient (Wildman–Crippen LogP) is 10.9. The molecule has 0 radical (unpaired) electrons. The van der Waals surface area contributed by atoms with Crippen LogP contribution in [0.3, 0.4) is 0 Å². The molecule has 0 aromatic rings. The summed E-state index contributed by atoms with van der Waals surface area (Å²) >= 11 is 2.51. The normalized spacial score (nSPS) is 28.8. The standard InChI is InChI=1S/C32H53IO/c1-4-6-7-15-26(13-5-2)16-9-11-17-27-21-22-29(34-32-20-12-19-31(32)33)24-30(27)28-18-10-8-14-25(3)23-28/h8,14,19,25-26,28-29,32H,4-7,9-13,15-18,20-24H2,1-3H3/t25-,26?,28?,29?,32?/m0/s1. The van der Waals surface area contributed by atoms with Gasteiger partial charge in [-0.15, -0.1) is 0 Å². The Morgan fingerprint density at radius 2 is 1.79 bits per heavy atom. The Morgan fingerprint density at radius 3 is 2.53 bits per heavy atom. The lowest BCUT2D eigenvalue weighted by molar-refractivity contribution is 0.00342. The molecule has 0 saturated carbocycles. The maximum atomic E-state index is 6.70. The highest BCUT2D eigenvalue weighted by Gasteiger charge is 2.30. The zero-order chi connectivity index (χ0) is 24.2. The highest BCUT2D eigenvalue weighted by Crippen LogP contribution is 2.41. The van der Waals surface area contributed by atoms with Gasteiger partial charge in [-0.1, -0.05) is 102 Å². The fourth-order valence-electron chi connectivity index (χ4n) is 6.74. The van der Waals surface area contributed by atoms with E-state index in [1.807, 2.05) is 11.1 Å². The molecule has 34 heavy (non-hydrogen) atoms. The van der Waals surface area contributed by atoms with Gasteiger partial charge in [0.25, 0.3) is 0 Å². The van der Waals surface area contributed by atoms with Crippen LogP contribution in [0.15, 0.2) is 33.0 Å². The van der Waals surface area contributed by atoms with Gasteiger partial charge < -0.3 is 4.74 Å². The van der Waals surface area contributed by atoms with E-state index in [2.05, 4.69) is 61.6 Å². The summed E-state index contributed by atoms with van der Waals surface area (Å²) in [7, 11) is 0. The molecule has 0 amide bonds. The van der Waals surface area contributed by atoms with E-state index in [4.69, 9.17) is 4.74 Å². The Kier molecular flexibility index (Phi) is 13.3. The average molecular weight is 581 g/mol. The molecule has 0 N–H and O–H groups in total. The quantitative estimate of drug-likeness (QED) is 0.113. The zero-order valence-electron chi connectivity index (χ0n) is 22.6. The Balaban J connectivity index is 1.58. The molecule has 3 aliphatic carbocycles. The third-order valence-electron chi connectivity index (χ3n) is 8.65. The molecule has 2 heteroatoms. The largest absolute Gasteiger partial charge is 0.369 e. The van der Waals surface area contributed by atoms with Crippen molar-refractivity contribution in [1.82, 2.24) is 0 Å². The summed E-state index contributed by atoms with van der Waals surface area (Å²) in [6.45, 7) is 7.12.